The lowest BCUT2D eigenvalue weighted by Gasteiger charge is -2.17. The molecular weight excluding hydrogens is 305 g/mol. The number of halogens is 1. The first-order valence-corrected chi connectivity index (χ1v) is 7.77. The number of hydrogen-bond acceptors (Lipinski definition) is 2. The van der Waals surface area contributed by atoms with Crippen LogP contribution >= 0.6 is 0 Å². The van der Waals surface area contributed by atoms with Gasteiger partial charge in [0.25, 0.3) is 0 Å². The van der Waals surface area contributed by atoms with Crippen molar-refractivity contribution < 1.29 is 9.18 Å². The van der Waals surface area contributed by atoms with Gasteiger partial charge in [-0.1, -0.05) is 24.3 Å². The number of nitrogens with zero attached hydrogens (tertiary/aromatic N) is 1. The maximum absolute atomic E-state index is 13.6. The molecule has 122 valence electrons. The molecule has 0 saturated heterocycles. The molecule has 1 aliphatic heterocycles. The number of anilines is 1. The van der Waals surface area contributed by atoms with Gasteiger partial charge in [-0.2, -0.15) is 0 Å². The van der Waals surface area contributed by atoms with Crippen LogP contribution in [0.2, 0.25) is 0 Å². The van der Waals surface area contributed by atoms with Crippen LogP contribution in [0.3, 0.4) is 0 Å². The molecule has 0 aromatic heterocycles. The Balaban J connectivity index is 1.79. The average molecular weight is 323 g/mol. The van der Waals surface area contributed by atoms with E-state index in [1.807, 2.05) is 18.2 Å². The van der Waals surface area contributed by atoms with Gasteiger partial charge in [-0.25, -0.2) is 9.18 Å². The van der Waals surface area contributed by atoms with E-state index < -0.39 is 0 Å². The second kappa shape index (κ2) is 7.08. The molecule has 3 rings (SSSR count). The van der Waals surface area contributed by atoms with Crippen LogP contribution in [0.4, 0.5) is 14.9 Å². The van der Waals surface area contributed by atoms with Crippen molar-refractivity contribution in [1.29, 1.82) is 0 Å². The molecule has 2 amide bonds. The molecule has 0 atom stereocenters. The molecule has 0 fully saturated rings. The highest BCUT2D eigenvalue weighted by Gasteiger charge is 2.16. The molecule has 0 spiro atoms. The first kappa shape index (κ1) is 15.9. The minimum atomic E-state index is -0.287. The zero-order valence-corrected chi connectivity index (χ0v) is 13.2. The van der Waals surface area contributed by atoms with E-state index in [4.69, 9.17) is 0 Å². The van der Waals surface area contributed by atoms with Crippen molar-refractivity contribution in [1.82, 2.24) is 5.32 Å². The quantitative estimate of drug-likeness (QED) is 0.831. The minimum Gasteiger partial charge on any atom is -0.334 e. The van der Waals surface area contributed by atoms with Gasteiger partial charge in [-0.3, -0.25) is 4.99 Å². The number of carbonyl (C=O) groups is 1. The van der Waals surface area contributed by atoms with Gasteiger partial charge in [0.1, 0.15) is 5.82 Å². The molecule has 0 unspecified atom stereocenters. The first-order valence-electron chi connectivity index (χ1n) is 7.77. The van der Waals surface area contributed by atoms with Gasteiger partial charge in [0.05, 0.1) is 5.71 Å². The number of nitrogens with one attached hydrogen (secondary N) is 2. The summed E-state index contributed by atoms with van der Waals surface area (Å²) < 4.78 is 13.6. The van der Waals surface area contributed by atoms with Crippen LogP contribution in [0, 0.1) is 5.82 Å². The van der Waals surface area contributed by atoms with E-state index in [0.717, 1.165) is 28.8 Å². The average Bonchev–Trinajstić information content (AvgIpc) is 2.60. The van der Waals surface area contributed by atoms with Crippen molar-refractivity contribution in [2.75, 3.05) is 18.4 Å². The Morgan fingerprint density at radius 3 is 2.79 bits per heavy atom. The van der Waals surface area contributed by atoms with E-state index in [9.17, 15) is 9.18 Å². The van der Waals surface area contributed by atoms with Crippen molar-refractivity contribution in [3.8, 4) is 0 Å². The molecule has 1 aliphatic rings. The van der Waals surface area contributed by atoms with Crippen LogP contribution in [-0.2, 0) is 6.42 Å². The number of aliphatic imine (C=N–C) groups is 1. The van der Waals surface area contributed by atoms with E-state index in [0.29, 0.717) is 18.8 Å². The zero-order valence-electron chi connectivity index (χ0n) is 13.2. The third-order valence-electron chi connectivity index (χ3n) is 3.80. The fourth-order valence-electron chi connectivity index (χ4n) is 2.66. The Morgan fingerprint density at radius 1 is 1.25 bits per heavy atom. The van der Waals surface area contributed by atoms with Gasteiger partial charge in [-0.05, 0) is 36.2 Å². The number of fused-ring (bicyclic) bond motifs is 1. The van der Waals surface area contributed by atoms with Crippen LogP contribution in [0.25, 0.3) is 0 Å². The van der Waals surface area contributed by atoms with Crippen molar-refractivity contribution in [3.05, 3.63) is 77.6 Å². The largest absolute Gasteiger partial charge is 0.334 e. The molecule has 0 bridgehead atoms. The van der Waals surface area contributed by atoms with Gasteiger partial charge < -0.3 is 10.6 Å². The summed E-state index contributed by atoms with van der Waals surface area (Å²) in [4.78, 5) is 16.2. The van der Waals surface area contributed by atoms with E-state index in [1.54, 1.807) is 18.2 Å². The van der Waals surface area contributed by atoms with Crippen LogP contribution in [0.15, 0.2) is 60.1 Å². The number of carbonyl (C=O) groups excluding carboxylic acids is 1. The Labute approximate surface area is 140 Å². The summed E-state index contributed by atoms with van der Waals surface area (Å²) in [7, 11) is 0. The molecule has 0 radical (unpaired) electrons. The van der Waals surface area contributed by atoms with Crippen LogP contribution in [0.5, 0.6) is 0 Å². The number of amides is 2. The highest BCUT2D eigenvalue weighted by Crippen LogP contribution is 2.22. The molecule has 0 saturated carbocycles. The number of urea groups is 1. The molecule has 24 heavy (non-hydrogen) atoms. The maximum atomic E-state index is 13.6. The predicted molar refractivity (Wildman–Crippen MR) is 94.3 cm³/mol. The lowest BCUT2D eigenvalue weighted by atomic mass is 9.93. The fourth-order valence-corrected chi connectivity index (χ4v) is 2.66. The van der Waals surface area contributed by atoms with Crippen molar-refractivity contribution in [3.63, 3.8) is 0 Å². The van der Waals surface area contributed by atoms with E-state index in [-0.39, 0.29) is 11.8 Å². The normalized spacial score (nSPS) is 12.8. The molecular formula is C19H18FN3O. The minimum absolute atomic E-state index is 0.263. The van der Waals surface area contributed by atoms with Crippen LogP contribution < -0.4 is 10.6 Å². The molecule has 2 aromatic carbocycles. The van der Waals surface area contributed by atoms with E-state index >= 15 is 0 Å². The van der Waals surface area contributed by atoms with E-state index in [2.05, 4.69) is 22.2 Å². The third-order valence-corrected chi connectivity index (χ3v) is 3.80. The van der Waals surface area contributed by atoms with Crippen molar-refractivity contribution in [2.24, 2.45) is 4.99 Å². The Morgan fingerprint density at radius 2 is 2.04 bits per heavy atom. The maximum Gasteiger partial charge on any atom is 0.319 e. The lowest BCUT2D eigenvalue weighted by molar-refractivity contribution is 0.253. The van der Waals surface area contributed by atoms with Gasteiger partial charge in [0.15, 0.2) is 0 Å². The second-order valence-corrected chi connectivity index (χ2v) is 5.48. The lowest BCUT2D eigenvalue weighted by Crippen LogP contribution is -2.28. The van der Waals surface area contributed by atoms with Gasteiger partial charge in [-0.15, -0.1) is 6.58 Å². The van der Waals surface area contributed by atoms with Gasteiger partial charge in [0.2, 0.25) is 0 Å². The first-order chi connectivity index (χ1) is 11.7. The summed E-state index contributed by atoms with van der Waals surface area (Å²) in [6.45, 7) is 4.64. The second-order valence-electron chi connectivity index (χ2n) is 5.48. The summed E-state index contributed by atoms with van der Waals surface area (Å²) >= 11 is 0. The van der Waals surface area contributed by atoms with Gasteiger partial charge in [0, 0.05) is 29.9 Å². The number of rotatable bonds is 4. The fraction of sp³-hybridized carbons (Fsp3) is 0.158. The Kier molecular flexibility index (Phi) is 4.70. The summed E-state index contributed by atoms with van der Waals surface area (Å²) in [5, 5.41) is 5.38. The number of hydrogen-bond donors (Lipinski definition) is 2. The summed E-state index contributed by atoms with van der Waals surface area (Å²) in [6, 6.07) is 11.9. The van der Waals surface area contributed by atoms with Crippen molar-refractivity contribution in [2.45, 2.75) is 6.42 Å². The highest BCUT2D eigenvalue weighted by molar-refractivity contribution is 6.14. The molecule has 2 N–H and O–H groups in total. The Hall–Kier alpha value is -2.95. The van der Waals surface area contributed by atoms with Crippen LogP contribution in [-0.4, -0.2) is 24.8 Å². The zero-order chi connectivity index (χ0) is 16.9. The topological polar surface area (TPSA) is 53.5 Å². The molecule has 4 nitrogen and oxygen atoms in total. The van der Waals surface area contributed by atoms with E-state index in [1.165, 1.54) is 12.1 Å². The number of benzene rings is 2. The van der Waals surface area contributed by atoms with Crippen LogP contribution in [0.1, 0.15) is 16.7 Å². The summed E-state index contributed by atoms with van der Waals surface area (Å²) in [5.41, 5.74) is 4.31. The van der Waals surface area contributed by atoms with Gasteiger partial charge >= 0.3 is 6.03 Å². The molecule has 5 heteroatoms. The summed E-state index contributed by atoms with van der Waals surface area (Å²) in [6.07, 6.45) is 2.43. The smallest absolute Gasteiger partial charge is 0.319 e. The monoisotopic (exact) mass is 323 g/mol. The molecule has 2 aromatic rings. The summed E-state index contributed by atoms with van der Waals surface area (Å²) in [5.74, 6) is -0.263. The van der Waals surface area contributed by atoms with Crippen molar-refractivity contribution >= 4 is 17.4 Å². The predicted octanol–water partition coefficient (Wildman–Crippen LogP) is 3.53. The Bertz CT molecular complexity index is 797. The third kappa shape index (κ3) is 3.51. The molecule has 0 aliphatic carbocycles. The standard InChI is InChI=1S/C19H18FN3O/c1-2-10-22-19(24)23-16-7-4-14(5-8-16)18-17-12-15(20)6-3-13(17)9-11-21-18/h2-8,12H,1,9-11H2,(H2,22,23,24). The SMILES string of the molecule is C=CCNC(=O)Nc1ccc(C2=NCCc3ccc(F)cc32)cc1. The highest BCUT2D eigenvalue weighted by atomic mass is 19.1. The molecule has 1 heterocycles.